The number of aryl methyl sites for hydroxylation is 2. The fraction of sp³-hybridized carbons (Fsp3) is 0.167. The summed E-state index contributed by atoms with van der Waals surface area (Å²) in [6.07, 6.45) is 6.41. The minimum Gasteiger partial charge on any atom is -0.363 e. The lowest BCUT2D eigenvalue weighted by molar-refractivity contribution is 0.617. The van der Waals surface area contributed by atoms with E-state index in [2.05, 4.69) is 35.9 Å². The Hall–Kier alpha value is -3.82. The number of anilines is 3. The molecule has 0 fully saturated rings. The summed E-state index contributed by atoms with van der Waals surface area (Å²) in [4.78, 5) is 8.12. The predicted octanol–water partition coefficient (Wildman–Crippen LogP) is 2.99. The molecular weight excluding hydrogens is 361 g/mol. The van der Waals surface area contributed by atoms with Gasteiger partial charge in [-0.25, -0.2) is 9.37 Å². The van der Waals surface area contributed by atoms with Crippen molar-refractivity contribution in [3.05, 3.63) is 60.6 Å². The molecule has 3 aromatic heterocycles. The third-order valence-electron chi connectivity index (χ3n) is 4.10. The number of nitrogens with one attached hydrogen (secondary N) is 2. The summed E-state index contributed by atoms with van der Waals surface area (Å²) in [5, 5.41) is 17.8. The van der Waals surface area contributed by atoms with Crippen LogP contribution in [0.3, 0.4) is 0 Å². The van der Waals surface area contributed by atoms with Gasteiger partial charge in [-0.15, -0.1) is 10.2 Å². The molecule has 10 heteroatoms. The van der Waals surface area contributed by atoms with Crippen molar-refractivity contribution in [1.29, 1.82) is 0 Å². The molecular formula is C18H22FN9. The van der Waals surface area contributed by atoms with Gasteiger partial charge in [0.2, 0.25) is 11.9 Å². The Labute approximate surface area is 163 Å². The molecule has 0 saturated carbocycles. The lowest BCUT2D eigenvalue weighted by Gasteiger charge is -2.10. The Kier molecular flexibility index (Phi) is 4.67. The minimum atomic E-state index is -0.535. The van der Waals surface area contributed by atoms with Crippen LogP contribution in [-0.2, 0) is 20.6 Å². The predicted molar refractivity (Wildman–Crippen MR) is 106 cm³/mol. The normalized spacial score (nSPS) is 10.8. The van der Waals surface area contributed by atoms with Gasteiger partial charge in [-0.05, 0) is 17.2 Å². The monoisotopic (exact) mass is 383 g/mol. The smallest absolute Gasteiger partial charge is 0.231 e. The molecule has 0 aliphatic heterocycles. The van der Waals surface area contributed by atoms with E-state index in [4.69, 9.17) is 0 Å². The van der Waals surface area contributed by atoms with Crippen LogP contribution in [0.2, 0.25) is 0 Å². The van der Waals surface area contributed by atoms with Crippen molar-refractivity contribution in [2.24, 2.45) is 14.1 Å². The summed E-state index contributed by atoms with van der Waals surface area (Å²) in [5.74, 6) is 0.254. The van der Waals surface area contributed by atoms with Crippen LogP contribution in [0.5, 0.6) is 0 Å². The van der Waals surface area contributed by atoms with E-state index in [0.29, 0.717) is 12.5 Å². The standard InChI is InChI=1S/C18H18FN9.2H2/c1-27-11-22-26-18(27)25-17-21-9-15(19)16(24-17)20-7-12-4-3-5-13(6-12)14-8-23-28(2)10-14;;/h3-6,8-11H,7H2,1-2H3,(H2,20,21,24,25,26);2*1H. The van der Waals surface area contributed by atoms with Gasteiger partial charge in [0, 0.05) is 35.3 Å². The van der Waals surface area contributed by atoms with Gasteiger partial charge in [0.15, 0.2) is 11.6 Å². The van der Waals surface area contributed by atoms with E-state index in [-0.39, 0.29) is 14.6 Å². The number of hydrogen-bond donors (Lipinski definition) is 2. The Balaban J connectivity index is 0.00000160. The molecule has 0 amide bonds. The van der Waals surface area contributed by atoms with Gasteiger partial charge in [0.25, 0.3) is 0 Å². The zero-order valence-corrected chi connectivity index (χ0v) is 15.3. The molecule has 0 saturated heterocycles. The fourth-order valence-corrected chi connectivity index (χ4v) is 2.66. The van der Waals surface area contributed by atoms with Gasteiger partial charge in [0.1, 0.15) is 6.33 Å². The van der Waals surface area contributed by atoms with Gasteiger partial charge < -0.3 is 9.88 Å². The van der Waals surface area contributed by atoms with E-state index in [0.717, 1.165) is 22.9 Å². The van der Waals surface area contributed by atoms with Gasteiger partial charge in [-0.2, -0.15) is 10.1 Å². The molecule has 2 N–H and O–H groups in total. The molecule has 3 heterocycles. The molecule has 0 aliphatic carbocycles. The minimum absolute atomic E-state index is 0. The fourth-order valence-electron chi connectivity index (χ4n) is 2.66. The van der Waals surface area contributed by atoms with Crippen molar-refractivity contribution >= 4 is 17.7 Å². The van der Waals surface area contributed by atoms with E-state index in [1.807, 2.05) is 37.5 Å². The van der Waals surface area contributed by atoms with Crippen molar-refractivity contribution in [2.45, 2.75) is 6.54 Å². The molecule has 1 aromatic carbocycles. The van der Waals surface area contributed by atoms with Crippen molar-refractivity contribution in [2.75, 3.05) is 10.6 Å². The first-order valence-electron chi connectivity index (χ1n) is 8.54. The molecule has 28 heavy (non-hydrogen) atoms. The third-order valence-corrected chi connectivity index (χ3v) is 4.10. The second-order valence-corrected chi connectivity index (χ2v) is 6.24. The number of rotatable bonds is 6. The first kappa shape index (κ1) is 17.6. The molecule has 9 nitrogen and oxygen atoms in total. The highest BCUT2D eigenvalue weighted by atomic mass is 19.1. The van der Waals surface area contributed by atoms with Crippen molar-refractivity contribution in [1.82, 2.24) is 34.5 Å². The summed E-state index contributed by atoms with van der Waals surface area (Å²) in [5.41, 5.74) is 3.05. The van der Waals surface area contributed by atoms with E-state index in [1.54, 1.807) is 28.8 Å². The number of benzene rings is 1. The molecule has 0 aliphatic rings. The average Bonchev–Trinajstić information content (AvgIpc) is 3.31. The Bertz CT molecular complexity index is 1110. The van der Waals surface area contributed by atoms with Crippen LogP contribution in [0.15, 0.2) is 49.2 Å². The van der Waals surface area contributed by atoms with Crippen LogP contribution in [0, 0.1) is 5.82 Å². The Morgan fingerprint density at radius 3 is 2.82 bits per heavy atom. The SMILES string of the molecule is Cn1cc(-c2cccc(CNc3nc(Nc4nncn4C)ncc3F)c2)cn1.[HH].[HH]. The van der Waals surface area contributed by atoms with Gasteiger partial charge >= 0.3 is 0 Å². The maximum absolute atomic E-state index is 14.1. The molecule has 0 atom stereocenters. The van der Waals surface area contributed by atoms with Crippen LogP contribution in [0.1, 0.15) is 8.42 Å². The quantitative estimate of drug-likeness (QED) is 0.528. The first-order chi connectivity index (χ1) is 13.6. The van der Waals surface area contributed by atoms with E-state index < -0.39 is 5.82 Å². The Morgan fingerprint density at radius 1 is 1.18 bits per heavy atom. The van der Waals surface area contributed by atoms with Crippen LogP contribution >= 0.6 is 0 Å². The summed E-state index contributed by atoms with van der Waals surface area (Å²) in [7, 11) is 3.65. The maximum atomic E-state index is 14.1. The number of halogens is 1. The highest BCUT2D eigenvalue weighted by molar-refractivity contribution is 5.62. The molecule has 0 radical (unpaired) electrons. The van der Waals surface area contributed by atoms with Crippen molar-refractivity contribution in [3.8, 4) is 11.1 Å². The van der Waals surface area contributed by atoms with Crippen LogP contribution in [0.25, 0.3) is 11.1 Å². The van der Waals surface area contributed by atoms with Gasteiger partial charge in [-0.1, -0.05) is 18.2 Å². The zero-order chi connectivity index (χ0) is 19.5. The average molecular weight is 383 g/mol. The summed E-state index contributed by atoms with van der Waals surface area (Å²) in [6, 6.07) is 7.96. The highest BCUT2D eigenvalue weighted by Gasteiger charge is 2.10. The maximum Gasteiger partial charge on any atom is 0.231 e. The number of nitrogens with zero attached hydrogens (tertiary/aromatic N) is 7. The van der Waals surface area contributed by atoms with Gasteiger partial charge in [0.05, 0.1) is 12.4 Å². The summed E-state index contributed by atoms with van der Waals surface area (Å²) in [6.45, 7) is 0.408. The van der Waals surface area contributed by atoms with Crippen LogP contribution in [0.4, 0.5) is 22.1 Å². The molecule has 4 aromatic rings. The lowest BCUT2D eigenvalue weighted by Crippen LogP contribution is -2.08. The van der Waals surface area contributed by atoms with E-state index >= 15 is 0 Å². The van der Waals surface area contributed by atoms with Crippen LogP contribution < -0.4 is 10.6 Å². The summed E-state index contributed by atoms with van der Waals surface area (Å²) < 4.78 is 17.5. The van der Waals surface area contributed by atoms with Crippen LogP contribution in [-0.4, -0.2) is 34.5 Å². The molecule has 4 rings (SSSR count). The second kappa shape index (κ2) is 7.43. The second-order valence-electron chi connectivity index (χ2n) is 6.24. The van der Waals surface area contributed by atoms with Crippen molar-refractivity contribution < 1.29 is 7.24 Å². The largest absolute Gasteiger partial charge is 0.363 e. The highest BCUT2D eigenvalue weighted by Crippen LogP contribution is 2.21. The summed E-state index contributed by atoms with van der Waals surface area (Å²) >= 11 is 0. The van der Waals surface area contributed by atoms with E-state index in [1.165, 1.54) is 0 Å². The molecule has 146 valence electrons. The number of hydrogen-bond acceptors (Lipinski definition) is 7. The first-order valence-corrected chi connectivity index (χ1v) is 8.54. The van der Waals surface area contributed by atoms with E-state index in [9.17, 15) is 4.39 Å². The number of aromatic nitrogens is 7. The van der Waals surface area contributed by atoms with Gasteiger partial charge in [-0.3, -0.25) is 10.00 Å². The third kappa shape index (κ3) is 3.80. The zero-order valence-electron chi connectivity index (χ0n) is 15.3. The topological polar surface area (TPSA) is 98.4 Å². The lowest BCUT2D eigenvalue weighted by atomic mass is 10.1. The molecule has 0 unspecified atom stereocenters. The Morgan fingerprint density at radius 2 is 2.07 bits per heavy atom. The molecule has 0 bridgehead atoms. The van der Waals surface area contributed by atoms with Crippen molar-refractivity contribution in [3.63, 3.8) is 0 Å². The molecule has 0 spiro atoms.